The van der Waals surface area contributed by atoms with Crippen molar-refractivity contribution in [3.05, 3.63) is 82.5 Å². The number of H-pyrrole nitrogens is 1. The highest BCUT2D eigenvalue weighted by Gasteiger charge is 2.15. The molecule has 0 unspecified atom stereocenters. The fraction of sp³-hybridized carbons (Fsp3) is 0.150. The molecule has 0 saturated heterocycles. The lowest BCUT2D eigenvalue weighted by Gasteiger charge is -2.09. The molecule has 0 aliphatic carbocycles. The summed E-state index contributed by atoms with van der Waals surface area (Å²) >= 11 is 0. The number of aryl methyl sites for hydroxylation is 1. The van der Waals surface area contributed by atoms with Crippen molar-refractivity contribution in [1.29, 1.82) is 0 Å². The van der Waals surface area contributed by atoms with Gasteiger partial charge in [-0.3, -0.25) is 9.67 Å². The molecule has 0 radical (unpaired) electrons. The first-order chi connectivity index (χ1) is 13.6. The molecule has 4 aromatic rings. The monoisotopic (exact) mass is 379 g/mol. The summed E-state index contributed by atoms with van der Waals surface area (Å²) in [6.45, 7) is 1.99. The van der Waals surface area contributed by atoms with Crippen molar-refractivity contribution in [2.24, 2.45) is 0 Å². The summed E-state index contributed by atoms with van der Waals surface area (Å²) in [7, 11) is 1.57. The molecule has 2 aromatic carbocycles. The predicted molar refractivity (Wildman–Crippen MR) is 102 cm³/mol. The maximum absolute atomic E-state index is 13.5. The van der Waals surface area contributed by atoms with Gasteiger partial charge >= 0.3 is 5.69 Å². The zero-order valence-electron chi connectivity index (χ0n) is 15.4. The molecule has 2 aromatic heterocycles. The molecule has 0 atom stereocenters. The Hall–Kier alpha value is -3.68. The van der Waals surface area contributed by atoms with Gasteiger partial charge in [0.1, 0.15) is 17.4 Å². The van der Waals surface area contributed by atoms with E-state index in [1.165, 1.54) is 21.4 Å². The SMILES string of the molecule is COc1cc(-n2nc(C)n(Cc3cccc(F)c3)c2=O)ccc1-c1cn[nH]c1. The topological polar surface area (TPSA) is 77.7 Å². The summed E-state index contributed by atoms with van der Waals surface area (Å²) in [5.74, 6) is 0.797. The van der Waals surface area contributed by atoms with E-state index < -0.39 is 0 Å². The van der Waals surface area contributed by atoms with Crippen LogP contribution in [0.3, 0.4) is 0 Å². The number of nitrogens with one attached hydrogen (secondary N) is 1. The van der Waals surface area contributed by atoms with Crippen LogP contribution in [0.15, 0.2) is 59.7 Å². The molecule has 0 spiro atoms. The van der Waals surface area contributed by atoms with Crippen LogP contribution in [0.2, 0.25) is 0 Å². The number of rotatable bonds is 5. The minimum absolute atomic E-state index is 0.243. The molecule has 28 heavy (non-hydrogen) atoms. The standard InChI is InChI=1S/C20H18FN5O2/c1-13-24-26(20(27)25(13)12-14-4-3-5-16(21)8-14)17-6-7-18(19(9-17)28-2)15-10-22-23-11-15/h3-11H,12H2,1-2H3,(H,22,23). The van der Waals surface area contributed by atoms with E-state index in [4.69, 9.17) is 4.74 Å². The third-order valence-corrected chi connectivity index (χ3v) is 4.52. The Labute approximate surface area is 160 Å². The summed E-state index contributed by atoms with van der Waals surface area (Å²) in [5, 5.41) is 11.1. The van der Waals surface area contributed by atoms with Gasteiger partial charge in [-0.15, -0.1) is 0 Å². The number of nitrogens with zero attached hydrogens (tertiary/aromatic N) is 4. The zero-order chi connectivity index (χ0) is 19.7. The van der Waals surface area contributed by atoms with Crippen molar-refractivity contribution >= 4 is 0 Å². The maximum atomic E-state index is 13.5. The van der Waals surface area contributed by atoms with E-state index in [0.717, 1.165) is 11.1 Å². The molecule has 0 saturated carbocycles. The third-order valence-electron chi connectivity index (χ3n) is 4.52. The second kappa shape index (κ2) is 7.15. The Morgan fingerprint density at radius 1 is 1.21 bits per heavy atom. The molecule has 0 fully saturated rings. The lowest BCUT2D eigenvalue weighted by Crippen LogP contribution is -2.24. The maximum Gasteiger partial charge on any atom is 0.351 e. The predicted octanol–water partition coefficient (Wildman–Crippen LogP) is 2.93. The molecular formula is C20H18FN5O2. The lowest BCUT2D eigenvalue weighted by atomic mass is 10.1. The normalized spacial score (nSPS) is 11.0. The molecule has 0 bridgehead atoms. The van der Waals surface area contributed by atoms with Crippen LogP contribution in [0.4, 0.5) is 4.39 Å². The van der Waals surface area contributed by atoms with E-state index in [1.807, 2.05) is 6.07 Å². The fourth-order valence-corrected chi connectivity index (χ4v) is 3.11. The van der Waals surface area contributed by atoms with Crippen molar-refractivity contribution in [3.8, 4) is 22.6 Å². The molecule has 7 nitrogen and oxygen atoms in total. The first kappa shape index (κ1) is 17.7. The first-order valence-corrected chi connectivity index (χ1v) is 8.65. The van der Waals surface area contributed by atoms with Gasteiger partial charge in [0, 0.05) is 23.4 Å². The molecule has 4 rings (SSSR count). The molecule has 8 heteroatoms. The lowest BCUT2D eigenvalue weighted by molar-refractivity contribution is 0.416. The number of hydrogen-bond acceptors (Lipinski definition) is 4. The second-order valence-electron chi connectivity index (χ2n) is 6.33. The molecule has 0 aliphatic rings. The van der Waals surface area contributed by atoms with Gasteiger partial charge in [-0.2, -0.15) is 14.9 Å². The summed E-state index contributed by atoms with van der Waals surface area (Å²) in [5.41, 5.74) is 2.69. The first-order valence-electron chi connectivity index (χ1n) is 8.65. The van der Waals surface area contributed by atoms with Crippen LogP contribution < -0.4 is 10.4 Å². The van der Waals surface area contributed by atoms with Crippen LogP contribution in [0.5, 0.6) is 5.75 Å². The zero-order valence-corrected chi connectivity index (χ0v) is 15.4. The van der Waals surface area contributed by atoms with Crippen molar-refractivity contribution < 1.29 is 9.13 Å². The van der Waals surface area contributed by atoms with E-state index in [-0.39, 0.29) is 18.1 Å². The Kier molecular flexibility index (Phi) is 4.52. The van der Waals surface area contributed by atoms with E-state index in [9.17, 15) is 9.18 Å². The van der Waals surface area contributed by atoms with Gasteiger partial charge in [-0.1, -0.05) is 12.1 Å². The highest BCUT2D eigenvalue weighted by molar-refractivity contribution is 5.71. The molecular weight excluding hydrogens is 361 g/mol. The van der Waals surface area contributed by atoms with Crippen molar-refractivity contribution in [2.45, 2.75) is 13.5 Å². The molecule has 142 valence electrons. The van der Waals surface area contributed by atoms with Crippen LogP contribution in [0.25, 0.3) is 16.8 Å². The van der Waals surface area contributed by atoms with Crippen molar-refractivity contribution in [3.63, 3.8) is 0 Å². The summed E-state index contributed by atoms with van der Waals surface area (Å²) in [4.78, 5) is 12.9. The van der Waals surface area contributed by atoms with E-state index in [1.54, 1.807) is 50.7 Å². The molecule has 0 amide bonds. The van der Waals surface area contributed by atoms with Crippen LogP contribution in [-0.2, 0) is 6.54 Å². The van der Waals surface area contributed by atoms with E-state index >= 15 is 0 Å². The Morgan fingerprint density at radius 2 is 2.07 bits per heavy atom. The highest BCUT2D eigenvalue weighted by Crippen LogP contribution is 2.30. The van der Waals surface area contributed by atoms with Crippen molar-refractivity contribution in [1.82, 2.24) is 24.5 Å². The third kappa shape index (κ3) is 3.20. The fourth-order valence-electron chi connectivity index (χ4n) is 3.11. The quantitative estimate of drug-likeness (QED) is 0.578. The van der Waals surface area contributed by atoms with Gasteiger partial charge < -0.3 is 4.74 Å². The van der Waals surface area contributed by atoms with E-state index in [0.29, 0.717) is 22.8 Å². The smallest absolute Gasteiger partial charge is 0.351 e. The van der Waals surface area contributed by atoms with Gasteiger partial charge in [0.15, 0.2) is 0 Å². The Morgan fingerprint density at radius 3 is 2.79 bits per heavy atom. The minimum Gasteiger partial charge on any atom is -0.496 e. The van der Waals surface area contributed by atoms with Crippen LogP contribution >= 0.6 is 0 Å². The second-order valence-corrected chi connectivity index (χ2v) is 6.33. The van der Waals surface area contributed by atoms with Gasteiger partial charge in [-0.05, 0) is 36.8 Å². The molecule has 2 heterocycles. The number of aromatic nitrogens is 5. The van der Waals surface area contributed by atoms with E-state index in [2.05, 4.69) is 15.3 Å². The van der Waals surface area contributed by atoms with Crippen LogP contribution in [0, 0.1) is 12.7 Å². The van der Waals surface area contributed by atoms with Gasteiger partial charge in [0.05, 0.1) is 25.5 Å². The number of hydrogen-bond donors (Lipinski definition) is 1. The molecule has 0 aliphatic heterocycles. The Bertz CT molecular complexity index is 1180. The number of aromatic amines is 1. The van der Waals surface area contributed by atoms with Gasteiger partial charge in [0.25, 0.3) is 0 Å². The number of methoxy groups -OCH3 is 1. The van der Waals surface area contributed by atoms with Crippen LogP contribution in [-0.4, -0.2) is 31.7 Å². The summed E-state index contributed by atoms with van der Waals surface area (Å²) < 4.78 is 21.8. The van der Waals surface area contributed by atoms with Crippen LogP contribution in [0.1, 0.15) is 11.4 Å². The molecule has 1 N–H and O–H groups in total. The largest absolute Gasteiger partial charge is 0.496 e. The minimum atomic E-state index is -0.338. The number of halogens is 1. The summed E-state index contributed by atoms with van der Waals surface area (Å²) in [6.07, 6.45) is 3.46. The van der Waals surface area contributed by atoms with Crippen molar-refractivity contribution in [2.75, 3.05) is 7.11 Å². The van der Waals surface area contributed by atoms with Gasteiger partial charge in [0.2, 0.25) is 0 Å². The van der Waals surface area contributed by atoms with Gasteiger partial charge in [-0.25, -0.2) is 9.18 Å². The number of benzene rings is 2. The number of ether oxygens (including phenoxy) is 1. The highest BCUT2D eigenvalue weighted by atomic mass is 19.1. The Balaban J connectivity index is 1.73. The average molecular weight is 379 g/mol. The average Bonchev–Trinajstić information content (AvgIpc) is 3.32. The summed E-state index contributed by atoms with van der Waals surface area (Å²) in [6, 6.07) is 11.6.